The molecule has 1 aliphatic rings. The standard InChI is InChI=1S/C38H35N7S/c1-2-14-35-41-44(37(39)46-35)27-28-23-25-29(26-24-28)33-21-12-13-22-34(33)36-40-42-43-45(36)38(30-15-6-3-7-16-30,31-17-8-4-9-18-31)32-19-10-5-11-20-32/h3-13,15-26,35,39,41H,2,14,27H2,1H3. The summed E-state index contributed by atoms with van der Waals surface area (Å²) in [6, 6.07) is 48.3. The Balaban J connectivity index is 1.32. The maximum Gasteiger partial charge on any atom is 0.184 e. The van der Waals surface area contributed by atoms with Crippen molar-refractivity contribution >= 4 is 16.9 Å². The average Bonchev–Trinajstić information content (AvgIpc) is 3.74. The smallest absolute Gasteiger partial charge is 0.184 e. The Labute approximate surface area is 273 Å². The number of nitrogens with zero attached hydrogens (tertiary/aromatic N) is 5. The van der Waals surface area contributed by atoms with E-state index >= 15 is 0 Å². The van der Waals surface area contributed by atoms with Gasteiger partial charge in [0.2, 0.25) is 0 Å². The van der Waals surface area contributed by atoms with Gasteiger partial charge in [-0.3, -0.25) is 10.4 Å². The second-order valence-electron chi connectivity index (χ2n) is 11.4. The lowest BCUT2D eigenvalue weighted by molar-refractivity contribution is 0.301. The summed E-state index contributed by atoms with van der Waals surface area (Å²) >= 11 is 1.59. The number of hydrazine groups is 1. The van der Waals surface area contributed by atoms with Crippen LogP contribution in [-0.4, -0.2) is 35.8 Å². The third-order valence-corrected chi connectivity index (χ3v) is 9.55. The average molecular weight is 622 g/mol. The molecule has 0 aliphatic carbocycles. The van der Waals surface area contributed by atoms with E-state index in [2.05, 4.69) is 133 Å². The van der Waals surface area contributed by atoms with Crippen LogP contribution in [0.15, 0.2) is 140 Å². The molecule has 1 saturated heterocycles. The fourth-order valence-electron chi connectivity index (χ4n) is 6.35. The highest BCUT2D eigenvalue weighted by atomic mass is 32.2. The van der Waals surface area contributed by atoms with Crippen molar-refractivity contribution in [1.29, 1.82) is 5.41 Å². The lowest BCUT2D eigenvalue weighted by Gasteiger charge is -2.36. The minimum atomic E-state index is -0.833. The molecular weight excluding hydrogens is 587 g/mol. The lowest BCUT2D eigenvalue weighted by atomic mass is 9.77. The first kappa shape index (κ1) is 29.6. The molecule has 7 rings (SSSR count). The van der Waals surface area contributed by atoms with Gasteiger partial charge >= 0.3 is 0 Å². The summed E-state index contributed by atoms with van der Waals surface area (Å²) in [5.74, 6) is 0.671. The molecule has 2 heterocycles. The zero-order valence-corrected chi connectivity index (χ0v) is 26.4. The van der Waals surface area contributed by atoms with E-state index in [4.69, 9.17) is 15.7 Å². The lowest BCUT2D eigenvalue weighted by Crippen LogP contribution is -2.39. The molecule has 1 fully saturated rings. The third-order valence-electron chi connectivity index (χ3n) is 8.49. The van der Waals surface area contributed by atoms with Crippen LogP contribution < -0.4 is 5.43 Å². The van der Waals surface area contributed by atoms with E-state index in [-0.39, 0.29) is 5.37 Å². The molecule has 1 atom stereocenters. The Morgan fingerprint density at radius 1 is 0.717 bits per heavy atom. The molecule has 8 heteroatoms. The normalized spacial score (nSPS) is 14.9. The Morgan fingerprint density at radius 2 is 1.26 bits per heavy atom. The van der Waals surface area contributed by atoms with E-state index < -0.39 is 5.54 Å². The van der Waals surface area contributed by atoms with Crippen LogP contribution in [0.1, 0.15) is 42.0 Å². The van der Waals surface area contributed by atoms with Crippen molar-refractivity contribution < 1.29 is 0 Å². The van der Waals surface area contributed by atoms with Crippen molar-refractivity contribution in [2.24, 2.45) is 0 Å². The van der Waals surface area contributed by atoms with Gasteiger partial charge in [-0.2, -0.15) is 0 Å². The molecule has 1 aromatic heterocycles. The van der Waals surface area contributed by atoms with E-state index in [0.717, 1.165) is 51.8 Å². The van der Waals surface area contributed by atoms with Gasteiger partial charge in [-0.25, -0.2) is 10.1 Å². The maximum atomic E-state index is 8.41. The van der Waals surface area contributed by atoms with Gasteiger partial charge in [-0.1, -0.05) is 165 Å². The highest BCUT2D eigenvalue weighted by molar-refractivity contribution is 8.14. The van der Waals surface area contributed by atoms with Crippen LogP contribution in [0.25, 0.3) is 22.5 Å². The number of nitrogens with one attached hydrogen (secondary N) is 2. The Morgan fingerprint density at radius 3 is 1.83 bits per heavy atom. The molecule has 1 aliphatic heterocycles. The maximum absolute atomic E-state index is 8.41. The number of tetrazole rings is 1. The number of hydrogen-bond acceptors (Lipinski definition) is 6. The number of thioether (sulfide) groups is 1. The molecule has 7 nitrogen and oxygen atoms in total. The highest BCUT2D eigenvalue weighted by Crippen LogP contribution is 2.43. The molecule has 0 bridgehead atoms. The molecule has 0 spiro atoms. The first-order valence-electron chi connectivity index (χ1n) is 15.6. The summed E-state index contributed by atoms with van der Waals surface area (Å²) < 4.78 is 1.98. The van der Waals surface area contributed by atoms with E-state index in [1.165, 1.54) is 0 Å². The first-order valence-corrected chi connectivity index (χ1v) is 16.5. The van der Waals surface area contributed by atoms with Crippen molar-refractivity contribution in [2.75, 3.05) is 0 Å². The van der Waals surface area contributed by atoms with E-state index in [0.29, 0.717) is 17.5 Å². The monoisotopic (exact) mass is 621 g/mol. The van der Waals surface area contributed by atoms with Gasteiger partial charge in [0.25, 0.3) is 0 Å². The SMILES string of the molecule is CCCC1NN(Cc2ccc(-c3ccccc3-c3nnnn3C(c3ccccc3)(c3ccccc3)c3ccccc3)cc2)C(=N)S1. The molecule has 46 heavy (non-hydrogen) atoms. The van der Waals surface area contributed by atoms with Crippen LogP contribution in [0.2, 0.25) is 0 Å². The van der Waals surface area contributed by atoms with Crippen molar-refractivity contribution in [2.45, 2.75) is 37.2 Å². The fourth-order valence-corrected chi connectivity index (χ4v) is 7.40. The van der Waals surface area contributed by atoms with Crippen molar-refractivity contribution in [1.82, 2.24) is 30.6 Å². The van der Waals surface area contributed by atoms with Crippen LogP contribution >= 0.6 is 11.8 Å². The van der Waals surface area contributed by atoms with E-state index in [9.17, 15) is 0 Å². The summed E-state index contributed by atoms with van der Waals surface area (Å²) in [6.45, 7) is 2.81. The molecule has 2 N–H and O–H groups in total. The van der Waals surface area contributed by atoms with Crippen LogP contribution in [0.3, 0.4) is 0 Å². The second-order valence-corrected chi connectivity index (χ2v) is 12.6. The molecule has 1 unspecified atom stereocenters. The minimum absolute atomic E-state index is 0.268. The van der Waals surface area contributed by atoms with Crippen molar-refractivity contribution in [3.05, 3.63) is 162 Å². The summed E-state index contributed by atoms with van der Waals surface area (Å²) in [5, 5.41) is 24.9. The summed E-state index contributed by atoms with van der Waals surface area (Å²) in [5.41, 5.74) is 10.0. The summed E-state index contributed by atoms with van der Waals surface area (Å²) in [7, 11) is 0. The van der Waals surface area contributed by atoms with Crippen LogP contribution in [-0.2, 0) is 12.1 Å². The van der Waals surface area contributed by atoms with Crippen molar-refractivity contribution in [3.8, 4) is 22.5 Å². The predicted octanol–water partition coefficient (Wildman–Crippen LogP) is 7.96. The van der Waals surface area contributed by atoms with Gasteiger partial charge in [0.05, 0.1) is 11.9 Å². The van der Waals surface area contributed by atoms with Crippen molar-refractivity contribution in [3.63, 3.8) is 0 Å². The van der Waals surface area contributed by atoms with Gasteiger partial charge in [0.15, 0.2) is 11.0 Å². The van der Waals surface area contributed by atoms with E-state index in [1.54, 1.807) is 11.8 Å². The zero-order valence-electron chi connectivity index (χ0n) is 25.6. The second kappa shape index (κ2) is 13.1. The predicted molar refractivity (Wildman–Crippen MR) is 186 cm³/mol. The molecule has 0 radical (unpaired) electrons. The topological polar surface area (TPSA) is 82.7 Å². The third kappa shape index (κ3) is 5.50. The molecular formula is C38H35N7S. The zero-order chi connectivity index (χ0) is 31.3. The van der Waals surface area contributed by atoms with Gasteiger partial charge in [0.1, 0.15) is 5.54 Å². The highest BCUT2D eigenvalue weighted by Gasteiger charge is 2.42. The van der Waals surface area contributed by atoms with Crippen LogP contribution in [0.4, 0.5) is 0 Å². The number of benzene rings is 5. The van der Waals surface area contributed by atoms with Gasteiger partial charge in [0, 0.05) is 5.56 Å². The molecule has 6 aromatic rings. The summed E-state index contributed by atoms with van der Waals surface area (Å²) in [4.78, 5) is 0. The molecule has 5 aromatic carbocycles. The molecule has 228 valence electrons. The number of amidine groups is 1. The number of aromatic nitrogens is 4. The Kier molecular flexibility index (Phi) is 8.46. The Bertz CT molecular complexity index is 1810. The first-order chi connectivity index (χ1) is 22.7. The van der Waals surface area contributed by atoms with Crippen LogP contribution in [0, 0.1) is 5.41 Å². The fraction of sp³-hybridized carbons (Fsp3) is 0.158. The minimum Gasteiger partial charge on any atom is -0.282 e. The quantitative estimate of drug-likeness (QED) is 0.151. The Hall–Kier alpha value is -5.05. The van der Waals surface area contributed by atoms with Gasteiger partial charge < -0.3 is 0 Å². The number of hydrogen-bond donors (Lipinski definition) is 2. The van der Waals surface area contributed by atoms with Gasteiger partial charge in [-0.15, -0.1) is 5.10 Å². The van der Waals surface area contributed by atoms with Gasteiger partial charge in [-0.05, 0) is 50.2 Å². The summed E-state index contributed by atoms with van der Waals surface area (Å²) in [6.07, 6.45) is 2.13. The largest absolute Gasteiger partial charge is 0.282 e. The van der Waals surface area contributed by atoms with Crippen LogP contribution in [0.5, 0.6) is 0 Å². The molecule has 0 saturated carbocycles. The molecule has 0 amide bonds. The van der Waals surface area contributed by atoms with E-state index in [1.807, 2.05) is 34.0 Å². The number of rotatable bonds is 10.